The van der Waals surface area contributed by atoms with Crippen LogP contribution in [0.25, 0.3) is 0 Å². The van der Waals surface area contributed by atoms with Crippen molar-refractivity contribution in [3.05, 3.63) is 29.0 Å². The first-order valence-electron chi connectivity index (χ1n) is 4.61. The third-order valence-electron chi connectivity index (χ3n) is 2.18. The third kappa shape index (κ3) is 1.99. The molecule has 17 heavy (non-hydrogen) atoms. The summed E-state index contributed by atoms with van der Waals surface area (Å²) in [6.45, 7) is 0. The minimum absolute atomic E-state index is 0.208. The lowest BCUT2D eigenvalue weighted by molar-refractivity contribution is -0.128. The van der Waals surface area contributed by atoms with Gasteiger partial charge in [-0.3, -0.25) is 14.9 Å². The Morgan fingerprint density at radius 2 is 2.00 bits per heavy atom. The van der Waals surface area contributed by atoms with E-state index in [1.807, 2.05) is 5.32 Å². The second-order valence-corrected chi connectivity index (χ2v) is 3.74. The summed E-state index contributed by atoms with van der Waals surface area (Å²) in [5.41, 5.74) is -0.271. The van der Waals surface area contributed by atoms with Gasteiger partial charge in [-0.1, -0.05) is 17.7 Å². The van der Waals surface area contributed by atoms with E-state index in [1.54, 1.807) is 0 Å². The zero-order valence-corrected chi connectivity index (χ0v) is 9.12. The van der Waals surface area contributed by atoms with Gasteiger partial charge in [0.25, 0.3) is 0 Å². The maximum absolute atomic E-state index is 13.6. The predicted molar refractivity (Wildman–Crippen MR) is 57.1 cm³/mol. The molecule has 0 spiro atoms. The molecular formula is C10H6ClFN2O3. The maximum Gasteiger partial charge on any atom is 0.335 e. The largest absolute Gasteiger partial charge is 0.335 e. The molecule has 1 aliphatic rings. The summed E-state index contributed by atoms with van der Waals surface area (Å²) in [4.78, 5) is 34.4. The van der Waals surface area contributed by atoms with Crippen LogP contribution in [0.4, 0.5) is 14.9 Å². The molecule has 1 N–H and O–H groups in total. The summed E-state index contributed by atoms with van der Waals surface area (Å²) in [6, 6.07) is 2.94. The van der Waals surface area contributed by atoms with Crippen LogP contribution in [-0.4, -0.2) is 17.8 Å². The minimum atomic E-state index is -0.979. The number of carbonyl (C=O) groups excluding carboxylic acids is 3. The van der Waals surface area contributed by atoms with Gasteiger partial charge in [0.15, 0.2) is 5.82 Å². The molecule has 1 heterocycles. The van der Waals surface area contributed by atoms with Crippen LogP contribution in [-0.2, 0) is 9.59 Å². The number of carbonyl (C=O) groups is 3. The number of halogens is 2. The summed E-state index contributed by atoms with van der Waals surface area (Å²) in [5, 5.41) is 1.71. The van der Waals surface area contributed by atoms with Crippen LogP contribution in [0.15, 0.2) is 18.2 Å². The van der Waals surface area contributed by atoms with Gasteiger partial charge in [-0.2, -0.15) is 0 Å². The zero-order valence-electron chi connectivity index (χ0n) is 8.37. The molecule has 1 fully saturated rings. The highest BCUT2D eigenvalue weighted by atomic mass is 35.5. The predicted octanol–water partition coefficient (Wildman–Crippen LogP) is 1.45. The topological polar surface area (TPSA) is 66.5 Å². The second kappa shape index (κ2) is 4.14. The average Bonchev–Trinajstić information content (AvgIpc) is 2.23. The molecule has 0 bridgehead atoms. The van der Waals surface area contributed by atoms with E-state index in [0.717, 1.165) is 0 Å². The van der Waals surface area contributed by atoms with E-state index in [2.05, 4.69) is 0 Å². The van der Waals surface area contributed by atoms with E-state index in [9.17, 15) is 18.8 Å². The number of benzene rings is 1. The molecule has 0 unspecified atom stereocenters. The molecule has 0 aromatic heterocycles. The van der Waals surface area contributed by atoms with Crippen molar-refractivity contribution in [2.75, 3.05) is 4.90 Å². The number of rotatable bonds is 1. The quantitative estimate of drug-likeness (QED) is 0.774. The monoisotopic (exact) mass is 256 g/mol. The molecule has 88 valence electrons. The summed E-state index contributed by atoms with van der Waals surface area (Å²) in [6.07, 6.45) is -0.502. The van der Waals surface area contributed by atoms with E-state index >= 15 is 0 Å². The lowest BCUT2D eigenvalue weighted by atomic mass is 10.2. The lowest BCUT2D eigenvalue weighted by Crippen LogP contribution is -2.53. The number of anilines is 1. The first-order valence-corrected chi connectivity index (χ1v) is 4.99. The van der Waals surface area contributed by atoms with Crippen molar-refractivity contribution in [3.63, 3.8) is 0 Å². The Bertz CT molecular complexity index is 512. The molecule has 7 heteroatoms. The van der Waals surface area contributed by atoms with Gasteiger partial charge in [0.05, 0.1) is 10.7 Å². The number of hydrogen-bond acceptors (Lipinski definition) is 3. The van der Waals surface area contributed by atoms with E-state index in [-0.39, 0.29) is 10.7 Å². The molecule has 0 atom stereocenters. The van der Waals surface area contributed by atoms with Gasteiger partial charge in [0, 0.05) is 0 Å². The zero-order chi connectivity index (χ0) is 12.6. The van der Waals surface area contributed by atoms with Crippen molar-refractivity contribution in [1.29, 1.82) is 0 Å². The third-order valence-corrected chi connectivity index (χ3v) is 2.47. The van der Waals surface area contributed by atoms with Crippen LogP contribution >= 0.6 is 11.6 Å². The Morgan fingerprint density at radius 1 is 1.29 bits per heavy atom. The van der Waals surface area contributed by atoms with Crippen LogP contribution in [0.1, 0.15) is 6.42 Å². The van der Waals surface area contributed by atoms with Gasteiger partial charge in [0.1, 0.15) is 6.42 Å². The Balaban J connectivity index is 2.46. The minimum Gasteiger partial charge on any atom is -0.277 e. The van der Waals surface area contributed by atoms with Gasteiger partial charge in [-0.15, -0.1) is 0 Å². The maximum atomic E-state index is 13.6. The van der Waals surface area contributed by atoms with E-state index in [1.165, 1.54) is 18.2 Å². The first kappa shape index (κ1) is 11.5. The molecule has 2 rings (SSSR count). The van der Waals surface area contributed by atoms with E-state index in [4.69, 9.17) is 11.6 Å². The Kier molecular flexibility index (Phi) is 2.81. The SMILES string of the molecule is O=C1CC(=O)N(c2cccc(Cl)c2F)C(=O)N1. The highest BCUT2D eigenvalue weighted by Gasteiger charge is 2.33. The van der Waals surface area contributed by atoms with Crippen molar-refractivity contribution < 1.29 is 18.8 Å². The van der Waals surface area contributed by atoms with Crippen molar-refractivity contribution in [3.8, 4) is 0 Å². The fourth-order valence-corrected chi connectivity index (χ4v) is 1.63. The van der Waals surface area contributed by atoms with Crippen molar-refractivity contribution >= 4 is 35.1 Å². The second-order valence-electron chi connectivity index (χ2n) is 3.33. The van der Waals surface area contributed by atoms with E-state index in [0.29, 0.717) is 4.90 Å². The number of nitrogens with zero attached hydrogens (tertiary/aromatic N) is 1. The van der Waals surface area contributed by atoms with Crippen LogP contribution in [0.3, 0.4) is 0 Å². The van der Waals surface area contributed by atoms with Gasteiger partial charge in [-0.25, -0.2) is 14.1 Å². The normalized spacial score (nSPS) is 16.1. The number of urea groups is 1. The smallest absolute Gasteiger partial charge is 0.277 e. The highest BCUT2D eigenvalue weighted by Crippen LogP contribution is 2.27. The standard InChI is InChI=1S/C10H6ClFN2O3/c11-5-2-1-3-6(9(5)12)14-8(16)4-7(15)13-10(14)17/h1-3H,4H2,(H,13,15,17). The van der Waals surface area contributed by atoms with Crippen LogP contribution < -0.4 is 10.2 Å². The van der Waals surface area contributed by atoms with Gasteiger partial charge in [0.2, 0.25) is 11.8 Å². The van der Waals surface area contributed by atoms with Crippen molar-refractivity contribution in [2.45, 2.75) is 6.42 Å². The van der Waals surface area contributed by atoms with Gasteiger partial charge >= 0.3 is 6.03 Å². The number of nitrogens with one attached hydrogen (secondary N) is 1. The summed E-state index contributed by atoms with van der Waals surface area (Å²) in [5.74, 6) is -2.38. The number of amides is 4. The first-order chi connectivity index (χ1) is 8.00. The molecule has 5 nitrogen and oxygen atoms in total. The molecule has 0 saturated carbocycles. The summed E-state index contributed by atoms with van der Waals surface area (Å²) >= 11 is 5.55. The van der Waals surface area contributed by atoms with Gasteiger partial charge < -0.3 is 0 Å². The van der Waals surface area contributed by atoms with Crippen LogP contribution in [0, 0.1) is 5.82 Å². The Hall–Kier alpha value is -1.95. The van der Waals surface area contributed by atoms with Gasteiger partial charge in [-0.05, 0) is 12.1 Å². The number of barbiturate groups is 1. The highest BCUT2D eigenvalue weighted by molar-refractivity contribution is 6.32. The molecule has 0 radical (unpaired) electrons. The van der Waals surface area contributed by atoms with Crippen molar-refractivity contribution in [2.24, 2.45) is 0 Å². The molecule has 1 saturated heterocycles. The summed E-state index contributed by atoms with van der Waals surface area (Å²) in [7, 11) is 0. The lowest BCUT2D eigenvalue weighted by Gasteiger charge is -2.25. The number of hydrogen-bond donors (Lipinski definition) is 1. The van der Waals surface area contributed by atoms with Crippen molar-refractivity contribution in [1.82, 2.24) is 5.32 Å². The van der Waals surface area contributed by atoms with Crippen LogP contribution in [0.5, 0.6) is 0 Å². The molecule has 0 aliphatic carbocycles. The molecule has 1 aliphatic heterocycles. The fraction of sp³-hybridized carbons (Fsp3) is 0.100. The summed E-state index contributed by atoms with van der Waals surface area (Å²) < 4.78 is 13.6. The average molecular weight is 257 g/mol. The molecule has 4 amide bonds. The van der Waals surface area contributed by atoms with E-state index < -0.39 is 30.1 Å². The fourth-order valence-electron chi connectivity index (χ4n) is 1.46. The molecular weight excluding hydrogens is 251 g/mol. The Labute approximate surface area is 100 Å². The Morgan fingerprint density at radius 3 is 2.65 bits per heavy atom. The number of imide groups is 2. The van der Waals surface area contributed by atoms with Crippen LogP contribution in [0.2, 0.25) is 5.02 Å². The molecule has 1 aromatic rings. The molecule has 1 aromatic carbocycles.